The molecule has 0 spiro atoms. The molecule has 3 nitrogen and oxygen atoms in total. The molecule has 0 unspecified atom stereocenters. The highest BCUT2D eigenvalue weighted by Gasteiger charge is 2.29. The molecule has 4 heteroatoms. The Labute approximate surface area is 141 Å². The lowest BCUT2D eigenvalue weighted by Crippen LogP contribution is -2.35. The molecule has 0 aliphatic carbocycles. The van der Waals surface area contributed by atoms with Crippen molar-refractivity contribution in [1.82, 2.24) is 4.90 Å². The molecule has 0 radical (unpaired) electrons. The first kappa shape index (κ1) is 19.3. The SMILES string of the molecule is CCCN(CC)CCCCN(C)c1c(C(C)(C)C)c(=S)c1=O. The minimum absolute atomic E-state index is 0.0469. The summed E-state index contributed by atoms with van der Waals surface area (Å²) in [6.07, 6.45) is 3.49. The zero-order valence-electron chi connectivity index (χ0n) is 15.2. The summed E-state index contributed by atoms with van der Waals surface area (Å²) in [5.74, 6) is 0. The average molecular weight is 325 g/mol. The van der Waals surface area contributed by atoms with Crippen LogP contribution in [0, 0.1) is 4.51 Å². The third-order valence-corrected chi connectivity index (χ3v) is 4.61. The van der Waals surface area contributed by atoms with Gasteiger partial charge in [0.1, 0.15) is 0 Å². The van der Waals surface area contributed by atoms with Crippen LogP contribution in [0.2, 0.25) is 0 Å². The normalized spacial score (nSPS) is 12.3. The molecule has 0 amide bonds. The van der Waals surface area contributed by atoms with Crippen LogP contribution in [0.1, 0.15) is 59.4 Å². The highest BCUT2D eigenvalue weighted by Crippen LogP contribution is 2.32. The standard InChI is InChI=1S/C18H32N2OS/c1-7-11-20(8-2)13-10-9-12-19(6)15-14(18(3,4)5)17(22)16(15)21/h7-13H2,1-6H3. The average Bonchev–Trinajstić information content (AvgIpc) is 2.45. The van der Waals surface area contributed by atoms with Crippen LogP contribution in [0.3, 0.4) is 0 Å². The van der Waals surface area contributed by atoms with Crippen molar-refractivity contribution in [2.75, 3.05) is 38.1 Å². The topological polar surface area (TPSA) is 23.6 Å². The van der Waals surface area contributed by atoms with Crippen molar-refractivity contribution < 1.29 is 0 Å². The van der Waals surface area contributed by atoms with Gasteiger partial charge < -0.3 is 9.80 Å². The van der Waals surface area contributed by atoms with Crippen LogP contribution < -0.4 is 10.3 Å². The van der Waals surface area contributed by atoms with E-state index < -0.39 is 0 Å². The molecule has 0 aliphatic rings. The summed E-state index contributed by atoms with van der Waals surface area (Å²) in [6, 6.07) is 0. The lowest BCUT2D eigenvalue weighted by Gasteiger charge is -2.31. The Hall–Kier alpha value is -0.740. The van der Waals surface area contributed by atoms with E-state index in [1.807, 2.05) is 7.05 Å². The maximum atomic E-state index is 12.1. The van der Waals surface area contributed by atoms with Crippen molar-refractivity contribution >= 4 is 17.9 Å². The van der Waals surface area contributed by atoms with Crippen LogP contribution in [0.5, 0.6) is 0 Å². The molecule has 22 heavy (non-hydrogen) atoms. The van der Waals surface area contributed by atoms with E-state index in [4.69, 9.17) is 12.2 Å². The molecular weight excluding hydrogens is 292 g/mol. The van der Waals surface area contributed by atoms with E-state index >= 15 is 0 Å². The van der Waals surface area contributed by atoms with Crippen molar-refractivity contribution in [2.24, 2.45) is 0 Å². The predicted octanol–water partition coefficient (Wildman–Crippen LogP) is 3.90. The van der Waals surface area contributed by atoms with Gasteiger partial charge in [-0.25, -0.2) is 0 Å². The summed E-state index contributed by atoms with van der Waals surface area (Å²) in [6.45, 7) is 15.2. The second kappa shape index (κ2) is 8.21. The zero-order chi connectivity index (χ0) is 16.9. The van der Waals surface area contributed by atoms with E-state index in [0.717, 1.165) is 37.3 Å². The van der Waals surface area contributed by atoms with Crippen LogP contribution in [-0.2, 0) is 5.41 Å². The van der Waals surface area contributed by atoms with E-state index in [-0.39, 0.29) is 10.8 Å². The molecule has 0 saturated heterocycles. The van der Waals surface area contributed by atoms with Gasteiger partial charge in [-0.1, -0.05) is 46.8 Å². The van der Waals surface area contributed by atoms with Crippen LogP contribution in [0.25, 0.3) is 0 Å². The molecule has 0 fully saturated rings. The molecule has 1 aromatic rings. The molecule has 0 N–H and O–H groups in total. The molecule has 0 aromatic heterocycles. The molecule has 1 aromatic carbocycles. The smallest absolute Gasteiger partial charge is 0.220 e. The van der Waals surface area contributed by atoms with Gasteiger partial charge in [-0.2, -0.15) is 0 Å². The van der Waals surface area contributed by atoms with Gasteiger partial charge >= 0.3 is 0 Å². The summed E-state index contributed by atoms with van der Waals surface area (Å²) >= 11 is 5.25. The first-order valence-corrected chi connectivity index (χ1v) is 8.92. The maximum absolute atomic E-state index is 12.1. The quantitative estimate of drug-likeness (QED) is 0.508. The fourth-order valence-electron chi connectivity index (χ4n) is 2.98. The Balaban J connectivity index is 2.54. The Morgan fingerprint density at radius 3 is 2.14 bits per heavy atom. The first-order chi connectivity index (χ1) is 10.2. The third-order valence-electron chi connectivity index (χ3n) is 4.22. The summed E-state index contributed by atoms with van der Waals surface area (Å²) in [4.78, 5) is 16.7. The summed E-state index contributed by atoms with van der Waals surface area (Å²) < 4.78 is 0.537. The highest BCUT2D eigenvalue weighted by molar-refractivity contribution is 7.71. The summed E-state index contributed by atoms with van der Waals surface area (Å²) in [5.41, 5.74) is 1.92. The number of unbranched alkanes of at least 4 members (excludes halogenated alkanes) is 1. The third kappa shape index (κ3) is 4.63. The monoisotopic (exact) mass is 324 g/mol. The van der Waals surface area contributed by atoms with Gasteiger partial charge in [0.05, 0.1) is 10.2 Å². The van der Waals surface area contributed by atoms with E-state index in [1.54, 1.807) is 0 Å². The van der Waals surface area contributed by atoms with Gasteiger partial charge in [0.25, 0.3) is 0 Å². The molecular formula is C18H32N2OS. The summed E-state index contributed by atoms with van der Waals surface area (Å²) in [5, 5.41) is 0. The number of hydrogen-bond acceptors (Lipinski definition) is 4. The Kier molecular flexibility index (Phi) is 7.20. The number of nitrogens with zero attached hydrogens (tertiary/aromatic N) is 2. The molecule has 0 bridgehead atoms. The Bertz CT molecular complexity index is 538. The van der Waals surface area contributed by atoms with Crippen LogP contribution in [0.4, 0.5) is 5.69 Å². The van der Waals surface area contributed by atoms with Crippen molar-refractivity contribution in [2.45, 2.75) is 59.3 Å². The molecule has 0 atom stereocenters. The van der Waals surface area contributed by atoms with Crippen molar-refractivity contribution in [1.29, 1.82) is 0 Å². The largest absolute Gasteiger partial charge is 0.371 e. The van der Waals surface area contributed by atoms with Crippen molar-refractivity contribution in [3.8, 4) is 0 Å². The maximum Gasteiger partial charge on any atom is 0.220 e. The fourth-order valence-corrected chi connectivity index (χ4v) is 3.48. The first-order valence-electron chi connectivity index (χ1n) is 8.51. The predicted molar refractivity (Wildman–Crippen MR) is 99.5 cm³/mol. The zero-order valence-corrected chi connectivity index (χ0v) is 16.0. The lowest BCUT2D eigenvalue weighted by molar-refractivity contribution is 0.283. The van der Waals surface area contributed by atoms with Crippen LogP contribution in [0.15, 0.2) is 4.79 Å². The number of anilines is 1. The van der Waals surface area contributed by atoms with Crippen molar-refractivity contribution in [3.05, 3.63) is 20.3 Å². The van der Waals surface area contributed by atoms with Crippen LogP contribution >= 0.6 is 12.2 Å². The summed E-state index contributed by atoms with van der Waals surface area (Å²) in [7, 11) is 2.02. The van der Waals surface area contributed by atoms with Gasteiger partial charge in [0.2, 0.25) is 5.43 Å². The lowest BCUT2D eigenvalue weighted by atomic mass is 9.82. The second-order valence-electron chi connectivity index (χ2n) is 7.19. The van der Waals surface area contributed by atoms with Crippen molar-refractivity contribution in [3.63, 3.8) is 0 Å². The Morgan fingerprint density at radius 1 is 1.05 bits per heavy atom. The Morgan fingerprint density at radius 2 is 1.64 bits per heavy atom. The van der Waals surface area contributed by atoms with Gasteiger partial charge in [-0.15, -0.1) is 0 Å². The molecule has 0 heterocycles. The minimum Gasteiger partial charge on any atom is -0.371 e. The van der Waals surface area contributed by atoms with E-state index in [9.17, 15) is 4.79 Å². The van der Waals surface area contributed by atoms with E-state index in [1.165, 1.54) is 19.4 Å². The van der Waals surface area contributed by atoms with Crippen LogP contribution in [-0.4, -0.2) is 38.1 Å². The molecule has 126 valence electrons. The minimum atomic E-state index is -0.0469. The molecule has 0 aliphatic heterocycles. The van der Waals surface area contributed by atoms with Gasteiger partial charge in [0, 0.05) is 19.2 Å². The fraction of sp³-hybridized carbons (Fsp3) is 0.778. The second-order valence-corrected chi connectivity index (χ2v) is 7.60. The number of hydrogen-bond donors (Lipinski definition) is 0. The van der Waals surface area contributed by atoms with Gasteiger partial charge in [0.15, 0.2) is 0 Å². The van der Waals surface area contributed by atoms with Gasteiger partial charge in [-0.3, -0.25) is 4.79 Å². The van der Waals surface area contributed by atoms with E-state index in [2.05, 4.69) is 44.4 Å². The van der Waals surface area contributed by atoms with E-state index in [0.29, 0.717) is 4.51 Å². The number of rotatable bonds is 9. The van der Waals surface area contributed by atoms with Gasteiger partial charge in [-0.05, 0) is 44.3 Å². The highest BCUT2D eigenvalue weighted by atomic mass is 32.1. The molecule has 1 rings (SSSR count). The molecule has 0 saturated carbocycles.